The first kappa shape index (κ1) is 17.7. The van der Waals surface area contributed by atoms with E-state index in [0.29, 0.717) is 5.82 Å². The number of rotatable bonds is 5. The molecule has 2 heterocycles. The number of aliphatic hydroxyl groups excluding tert-OH is 2. The molecule has 1 aromatic heterocycles. The van der Waals surface area contributed by atoms with Crippen LogP contribution in [-0.4, -0.2) is 51.7 Å². The Morgan fingerprint density at radius 1 is 1.50 bits per heavy atom. The lowest BCUT2D eigenvalue weighted by atomic mass is 10.1. The highest BCUT2D eigenvalue weighted by Gasteiger charge is 2.44. The van der Waals surface area contributed by atoms with Crippen LogP contribution in [0.15, 0.2) is 17.1 Å². The summed E-state index contributed by atoms with van der Waals surface area (Å²) in [6, 6.07) is 1.50. The van der Waals surface area contributed by atoms with Gasteiger partial charge in [-0.25, -0.2) is 4.79 Å². The highest BCUT2D eigenvalue weighted by atomic mass is 35.9. The molecule has 0 radical (unpaired) electrons. The molecular weight excluding hydrogens is 360 g/mol. The Labute approximate surface area is 134 Å². The highest BCUT2D eigenvalue weighted by Crippen LogP contribution is 2.57. The minimum atomic E-state index is -3.79. The smallest absolute Gasteiger partial charge is 0.380 e. The predicted molar refractivity (Wildman–Crippen MR) is 79.2 cm³/mol. The van der Waals surface area contributed by atoms with Crippen LogP contribution in [0.3, 0.4) is 0 Å². The normalized spacial score (nSPS) is 28.8. The van der Waals surface area contributed by atoms with Crippen LogP contribution in [0.2, 0.25) is 0 Å². The minimum absolute atomic E-state index is 0.347. The quantitative estimate of drug-likeness (QED) is 0.637. The summed E-state index contributed by atoms with van der Waals surface area (Å²) < 4.78 is 22.1. The Balaban J connectivity index is 2.16. The molecule has 3 N–H and O–H groups in total. The van der Waals surface area contributed by atoms with Crippen molar-refractivity contribution in [3.05, 3.63) is 22.7 Å². The van der Waals surface area contributed by atoms with Gasteiger partial charge in [0.05, 0.1) is 6.61 Å². The first-order valence-electron chi connectivity index (χ1n) is 6.15. The SMILES string of the molecule is CNc1ccn([C@@H]2O[C@H](COP(=O)(Cl)Cl)C(O)[C@@H]2O)c(=O)n1. The number of aliphatic hydroxyl groups is 2. The topological polar surface area (TPSA) is 123 Å². The molecular formula is C10H14Cl2N3O6P. The van der Waals surface area contributed by atoms with Crippen molar-refractivity contribution in [1.82, 2.24) is 9.55 Å². The van der Waals surface area contributed by atoms with E-state index < -0.39 is 42.9 Å². The lowest BCUT2D eigenvalue weighted by Crippen LogP contribution is -2.36. The van der Waals surface area contributed by atoms with E-state index in [9.17, 15) is 19.6 Å². The minimum Gasteiger partial charge on any atom is -0.387 e. The lowest BCUT2D eigenvalue weighted by molar-refractivity contribution is -0.0506. The molecule has 0 bridgehead atoms. The van der Waals surface area contributed by atoms with Gasteiger partial charge in [0.1, 0.15) is 24.1 Å². The summed E-state index contributed by atoms with van der Waals surface area (Å²) in [4.78, 5) is 15.6. The van der Waals surface area contributed by atoms with E-state index in [1.165, 1.54) is 12.3 Å². The maximum atomic E-state index is 11.9. The van der Waals surface area contributed by atoms with E-state index in [-0.39, 0.29) is 0 Å². The molecule has 0 spiro atoms. The number of hydrogen-bond donors (Lipinski definition) is 3. The van der Waals surface area contributed by atoms with Gasteiger partial charge in [0, 0.05) is 13.2 Å². The van der Waals surface area contributed by atoms with Crippen molar-refractivity contribution in [2.24, 2.45) is 0 Å². The third-order valence-electron chi connectivity index (χ3n) is 3.09. The second kappa shape index (κ2) is 6.84. The van der Waals surface area contributed by atoms with Gasteiger partial charge in [0.2, 0.25) is 0 Å². The standard InChI is InChI=1S/C10H14Cl2N3O6P/c1-13-6-2-3-15(10(18)14-6)9-8(17)7(16)5(21-9)4-20-22(11,12)19/h2-3,5,7-9,16-17H,4H2,1H3,(H,13,14,18)/t5-,7?,8+,9-/m1/s1. The van der Waals surface area contributed by atoms with Crippen molar-refractivity contribution in [1.29, 1.82) is 0 Å². The molecule has 1 fully saturated rings. The Bertz CT molecular complexity index is 637. The van der Waals surface area contributed by atoms with Gasteiger partial charge in [-0.3, -0.25) is 9.13 Å². The molecule has 1 aliphatic heterocycles. The molecule has 1 aromatic rings. The number of nitrogens with one attached hydrogen (secondary N) is 1. The van der Waals surface area contributed by atoms with E-state index in [0.717, 1.165) is 4.57 Å². The molecule has 0 amide bonds. The zero-order valence-corrected chi connectivity index (χ0v) is 13.7. The third-order valence-corrected chi connectivity index (χ3v) is 4.12. The zero-order valence-electron chi connectivity index (χ0n) is 11.3. The molecule has 4 atom stereocenters. The number of hydrogen-bond acceptors (Lipinski definition) is 8. The molecule has 12 heteroatoms. The Kier molecular flexibility index (Phi) is 5.50. The fourth-order valence-corrected chi connectivity index (χ4v) is 2.66. The second-order valence-electron chi connectivity index (χ2n) is 4.51. The van der Waals surface area contributed by atoms with E-state index in [1.54, 1.807) is 7.05 Å². The summed E-state index contributed by atoms with van der Waals surface area (Å²) in [7, 11) is 1.60. The number of nitrogens with zero attached hydrogens (tertiary/aromatic N) is 2. The van der Waals surface area contributed by atoms with E-state index in [1.807, 2.05) is 0 Å². The van der Waals surface area contributed by atoms with Crippen molar-refractivity contribution < 1.29 is 24.0 Å². The lowest BCUT2D eigenvalue weighted by Gasteiger charge is -2.17. The van der Waals surface area contributed by atoms with Gasteiger partial charge in [-0.1, -0.05) is 0 Å². The Hall–Kier alpha value is -0.670. The van der Waals surface area contributed by atoms with Gasteiger partial charge in [0.15, 0.2) is 6.23 Å². The average molecular weight is 374 g/mol. The maximum Gasteiger partial charge on any atom is 0.380 e. The molecule has 22 heavy (non-hydrogen) atoms. The fourth-order valence-electron chi connectivity index (χ4n) is 2.00. The average Bonchev–Trinajstić information content (AvgIpc) is 2.72. The molecule has 0 aliphatic carbocycles. The van der Waals surface area contributed by atoms with E-state index >= 15 is 0 Å². The number of halogens is 2. The molecule has 124 valence electrons. The molecule has 2 rings (SSSR count). The van der Waals surface area contributed by atoms with Gasteiger partial charge in [0.25, 0.3) is 0 Å². The summed E-state index contributed by atoms with van der Waals surface area (Å²) in [6.07, 6.45) is -7.43. The van der Waals surface area contributed by atoms with Crippen LogP contribution < -0.4 is 11.0 Å². The van der Waals surface area contributed by atoms with Crippen molar-refractivity contribution in [3.8, 4) is 0 Å². The van der Waals surface area contributed by atoms with Crippen LogP contribution in [0.25, 0.3) is 0 Å². The molecule has 1 aliphatic rings. The van der Waals surface area contributed by atoms with Gasteiger partial charge in [-0.05, 0) is 28.5 Å². The van der Waals surface area contributed by atoms with Crippen molar-refractivity contribution in [2.45, 2.75) is 24.5 Å². The van der Waals surface area contributed by atoms with Gasteiger partial charge >= 0.3 is 11.8 Å². The largest absolute Gasteiger partial charge is 0.387 e. The summed E-state index contributed by atoms with van der Waals surface area (Å²) in [6.45, 7) is -0.407. The Morgan fingerprint density at radius 2 is 2.18 bits per heavy atom. The number of ether oxygens (including phenoxy) is 1. The molecule has 0 saturated carbocycles. The van der Waals surface area contributed by atoms with Gasteiger partial charge in [-0.2, -0.15) is 4.98 Å². The summed E-state index contributed by atoms with van der Waals surface area (Å²) in [5.41, 5.74) is -0.676. The summed E-state index contributed by atoms with van der Waals surface area (Å²) >= 11 is 10.5. The van der Waals surface area contributed by atoms with Crippen LogP contribution >= 0.6 is 28.6 Å². The number of anilines is 1. The highest BCUT2D eigenvalue weighted by molar-refractivity contribution is 8.05. The fraction of sp³-hybridized carbons (Fsp3) is 0.600. The molecule has 1 saturated heterocycles. The van der Waals surface area contributed by atoms with Crippen LogP contribution in [0.4, 0.5) is 5.82 Å². The number of aromatic nitrogens is 2. The monoisotopic (exact) mass is 373 g/mol. The molecule has 9 nitrogen and oxygen atoms in total. The van der Waals surface area contributed by atoms with E-state index in [4.69, 9.17) is 27.2 Å². The molecule has 1 unspecified atom stereocenters. The van der Waals surface area contributed by atoms with Crippen LogP contribution in [0.1, 0.15) is 6.23 Å². The van der Waals surface area contributed by atoms with Crippen molar-refractivity contribution in [2.75, 3.05) is 19.0 Å². The Morgan fingerprint density at radius 3 is 2.73 bits per heavy atom. The van der Waals surface area contributed by atoms with Crippen LogP contribution in [0, 0.1) is 0 Å². The molecule has 0 aromatic carbocycles. The summed E-state index contributed by atoms with van der Waals surface area (Å²) in [5.74, 6) is 0.347. The van der Waals surface area contributed by atoms with Crippen molar-refractivity contribution in [3.63, 3.8) is 0 Å². The predicted octanol–water partition coefficient (Wildman–Crippen LogP) is 0.506. The third kappa shape index (κ3) is 3.99. The maximum absolute atomic E-state index is 11.9. The van der Waals surface area contributed by atoms with Crippen LogP contribution in [-0.2, 0) is 13.8 Å². The first-order chi connectivity index (χ1) is 10.2. The first-order valence-corrected chi connectivity index (χ1v) is 9.59. The van der Waals surface area contributed by atoms with Gasteiger partial charge < -0.3 is 24.8 Å². The van der Waals surface area contributed by atoms with Crippen LogP contribution in [0.5, 0.6) is 0 Å². The summed E-state index contributed by atoms with van der Waals surface area (Å²) in [5, 5.41) is 22.6. The second-order valence-corrected chi connectivity index (χ2v) is 8.79. The van der Waals surface area contributed by atoms with Gasteiger partial charge in [-0.15, -0.1) is 0 Å². The van der Waals surface area contributed by atoms with E-state index in [2.05, 4.69) is 14.8 Å². The van der Waals surface area contributed by atoms with Crippen molar-refractivity contribution >= 4 is 34.4 Å². The zero-order chi connectivity index (χ0) is 16.5.